The van der Waals surface area contributed by atoms with Gasteiger partial charge in [-0.15, -0.1) is 11.3 Å². The largest absolute Gasteiger partial charge is 0.325 e. The quantitative estimate of drug-likeness (QED) is 0.491. The van der Waals surface area contributed by atoms with E-state index in [2.05, 4.69) is 10.3 Å². The van der Waals surface area contributed by atoms with Crippen molar-refractivity contribution in [2.24, 2.45) is 5.92 Å². The van der Waals surface area contributed by atoms with Crippen LogP contribution >= 0.6 is 23.1 Å². The summed E-state index contributed by atoms with van der Waals surface area (Å²) in [5.74, 6) is -1.80. The summed E-state index contributed by atoms with van der Waals surface area (Å²) in [6, 6.07) is 4.57. The number of benzene rings is 1. The molecule has 0 radical (unpaired) electrons. The number of anilines is 1. The molecule has 2 aromatic heterocycles. The van der Waals surface area contributed by atoms with Crippen LogP contribution in [0.3, 0.4) is 0 Å². The molecular formula is C18H17F2N3O2S2. The predicted octanol–water partition coefficient (Wildman–Crippen LogP) is 4.12. The van der Waals surface area contributed by atoms with E-state index in [1.54, 1.807) is 16.0 Å². The fraction of sp³-hybridized carbons (Fsp3) is 0.278. The van der Waals surface area contributed by atoms with Crippen LogP contribution in [0.1, 0.15) is 13.8 Å². The maximum absolute atomic E-state index is 13.2. The van der Waals surface area contributed by atoms with Gasteiger partial charge in [0.1, 0.15) is 16.3 Å². The van der Waals surface area contributed by atoms with Gasteiger partial charge >= 0.3 is 0 Å². The van der Waals surface area contributed by atoms with E-state index >= 15 is 0 Å². The highest BCUT2D eigenvalue weighted by molar-refractivity contribution is 7.99. The summed E-state index contributed by atoms with van der Waals surface area (Å²) in [6.07, 6.45) is 0. The number of nitrogens with one attached hydrogen (secondary N) is 1. The van der Waals surface area contributed by atoms with E-state index < -0.39 is 17.5 Å². The Morgan fingerprint density at radius 3 is 2.67 bits per heavy atom. The van der Waals surface area contributed by atoms with E-state index in [1.807, 2.05) is 13.8 Å². The Kier molecular flexibility index (Phi) is 5.91. The first-order chi connectivity index (χ1) is 12.8. The lowest BCUT2D eigenvalue weighted by Gasteiger charge is -2.13. The predicted molar refractivity (Wildman–Crippen MR) is 104 cm³/mol. The van der Waals surface area contributed by atoms with Gasteiger partial charge in [-0.2, -0.15) is 0 Å². The molecule has 1 N–H and O–H groups in total. The highest BCUT2D eigenvalue weighted by Crippen LogP contribution is 2.22. The number of fused-ring (bicyclic) bond motifs is 1. The Balaban J connectivity index is 1.79. The summed E-state index contributed by atoms with van der Waals surface area (Å²) in [4.78, 5) is 29.3. The number of rotatable bonds is 6. The van der Waals surface area contributed by atoms with Crippen molar-refractivity contribution in [3.8, 4) is 0 Å². The van der Waals surface area contributed by atoms with E-state index in [1.165, 1.54) is 11.3 Å². The molecule has 5 nitrogen and oxygen atoms in total. The van der Waals surface area contributed by atoms with Gasteiger partial charge in [-0.3, -0.25) is 14.2 Å². The average molecular weight is 409 g/mol. The minimum absolute atomic E-state index is 0.0407. The van der Waals surface area contributed by atoms with Crippen LogP contribution in [0.25, 0.3) is 10.2 Å². The summed E-state index contributed by atoms with van der Waals surface area (Å²) >= 11 is 2.45. The Morgan fingerprint density at radius 2 is 2.00 bits per heavy atom. The number of thioether (sulfide) groups is 1. The van der Waals surface area contributed by atoms with Crippen LogP contribution < -0.4 is 10.9 Å². The molecule has 0 fully saturated rings. The lowest BCUT2D eigenvalue weighted by molar-refractivity contribution is -0.113. The number of hydrogen-bond donors (Lipinski definition) is 1. The second-order valence-electron chi connectivity index (χ2n) is 6.33. The molecule has 0 aliphatic carbocycles. The number of carbonyl (C=O) groups is 1. The van der Waals surface area contributed by atoms with E-state index in [0.717, 1.165) is 30.0 Å². The number of thiophene rings is 1. The summed E-state index contributed by atoms with van der Waals surface area (Å²) in [6.45, 7) is 4.47. The van der Waals surface area contributed by atoms with Crippen molar-refractivity contribution >= 4 is 44.9 Å². The van der Waals surface area contributed by atoms with Gasteiger partial charge in [-0.25, -0.2) is 13.8 Å². The fourth-order valence-electron chi connectivity index (χ4n) is 2.51. The first-order valence-corrected chi connectivity index (χ1v) is 10.1. The van der Waals surface area contributed by atoms with Crippen LogP contribution in [-0.2, 0) is 11.3 Å². The Hall–Kier alpha value is -2.26. The molecule has 27 heavy (non-hydrogen) atoms. The van der Waals surface area contributed by atoms with Gasteiger partial charge in [-0.1, -0.05) is 25.6 Å². The van der Waals surface area contributed by atoms with E-state index in [-0.39, 0.29) is 22.9 Å². The summed E-state index contributed by atoms with van der Waals surface area (Å²) < 4.78 is 28.6. The molecule has 9 heteroatoms. The minimum Gasteiger partial charge on any atom is -0.325 e. The Morgan fingerprint density at radius 1 is 1.30 bits per heavy atom. The van der Waals surface area contributed by atoms with Crippen LogP contribution in [0.2, 0.25) is 0 Å². The maximum Gasteiger partial charge on any atom is 0.272 e. The molecule has 0 unspecified atom stereocenters. The molecule has 0 saturated heterocycles. The number of nitrogens with zero attached hydrogens (tertiary/aromatic N) is 2. The number of halogens is 2. The number of carbonyl (C=O) groups excluding carboxylic acids is 1. The molecule has 3 rings (SSSR count). The SMILES string of the molecule is CC(C)Cn1c(SCC(=O)Nc2cc(F)cc(F)c2)nc2ccsc2c1=O. The average Bonchev–Trinajstić information content (AvgIpc) is 3.03. The van der Waals surface area contributed by atoms with E-state index in [9.17, 15) is 18.4 Å². The summed E-state index contributed by atoms with van der Waals surface area (Å²) in [7, 11) is 0. The normalized spacial score (nSPS) is 11.3. The molecule has 0 atom stereocenters. The number of hydrogen-bond acceptors (Lipinski definition) is 5. The number of amides is 1. The smallest absolute Gasteiger partial charge is 0.272 e. The van der Waals surface area contributed by atoms with Crippen molar-refractivity contribution in [1.29, 1.82) is 0 Å². The zero-order chi connectivity index (χ0) is 19.6. The van der Waals surface area contributed by atoms with E-state index in [0.29, 0.717) is 21.9 Å². The van der Waals surface area contributed by atoms with Crippen LogP contribution in [0.5, 0.6) is 0 Å². The monoisotopic (exact) mass is 409 g/mol. The molecular weight excluding hydrogens is 392 g/mol. The lowest BCUT2D eigenvalue weighted by atomic mass is 10.2. The molecule has 0 aliphatic heterocycles. The van der Waals surface area contributed by atoms with Crippen molar-refractivity contribution in [2.75, 3.05) is 11.1 Å². The van der Waals surface area contributed by atoms with Gasteiger partial charge < -0.3 is 5.32 Å². The van der Waals surface area contributed by atoms with Crippen molar-refractivity contribution in [2.45, 2.75) is 25.5 Å². The molecule has 1 amide bonds. The topological polar surface area (TPSA) is 64.0 Å². The molecule has 0 saturated carbocycles. The second kappa shape index (κ2) is 8.18. The van der Waals surface area contributed by atoms with E-state index in [4.69, 9.17) is 0 Å². The molecule has 3 aromatic rings. The summed E-state index contributed by atoms with van der Waals surface area (Å²) in [5, 5.41) is 4.70. The Labute approximate surface area is 162 Å². The van der Waals surface area contributed by atoms with Crippen LogP contribution in [0.4, 0.5) is 14.5 Å². The molecule has 0 bridgehead atoms. The highest BCUT2D eigenvalue weighted by atomic mass is 32.2. The molecule has 2 heterocycles. The number of aromatic nitrogens is 2. The minimum atomic E-state index is -0.770. The zero-order valence-electron chi connectivity index (χ0n) is 14.7. The van der Waals surface area contributed by atoms with Crippen molar-refractivity contribution < 1.29 is 13.6 Å². The lowest BCUT2D eigenvalue weighted by Crippen LogP contribution is -2.25. The third-order valence-corrected chi connectivity index (χ3v) is 5.43. The van der Waals surface area contributed by atoms with Crippen LogP contribution in [-0.4, -0.2) is 21.2 Å². The molecule has 0 aliphatic rings. The Bertz CT molecular complexity index is 1030. The zero-order valence-corrected chi connectivity index (χ0v) is 16.3. The van der Waals surface area contributed by atoms with Gasteiger partial charge in [0.05, 0.1) is 11.3 Å². The van der Waals surface area contributed by atoms with Gasteiger partial charge in [0, 0.05) is 18.3 Å². The first-order valence-electron chi connectivity index (χ1n) is 8.20. The van der Waals surface area contributed by atoms with Crippen LogP contribution in [0.15, 0.2) is 39.6 Å². The van der Waals surface area contributed by atoms with Crippen LogP contribution in [0, 0.1) is 17.6 Å². The highest BCUT2D eigenvalue weighted by Gasteiger charge is 2.15. The first kappa shape index (κ1) is 19.5. The second-order valence-corrected chi connectivity index (χ2v) is 8.19. The van der Waals surface area contributed by atoms with Crippen molar-refractivity contribution in [3.05, 3.63) is 51.6 Å². The molecule has 1 aromatic carbocycles. The molecule has 0 spiro atoms. The van der Waals surface area contributed by atoms with Gasteiger partial charge in [0.15, 0.2) is 5.16 Å². The van der Waals surface area contributed by atoms with Crippen molar-refractivity contribution in [3.63, 3.8) is 0 Å². The summed E-state index contributed by atoms with van der Waals surface area (Å²) in [5.41, 5.74) is 0.512. The van der Waals surface area contributed by atoms with Gasteiger partial charge in [-0.05, 0) is 29.5 Å². The maximum atomic E-state index is 13.2. The third kappa shape index (κ3) is 4.72. The standard InChI is InChI=1S/C18H17F2N3O2S2/c1-10(2)8-23-17(25)16-14(3-4-26-16)22-18(23)27-9-15(24)21-13-6-11(19)5-12(20)7-13/h3-7,10H,8-9H2,1-2H3,(H,21,24). The van der Waals surface area contributed by atoms with Gasteiger partial charge in [0.25, 0.3) is 5.56 Å². The van der Waals surface area contributed by atoms with Crippen molar-refractivity contribution in [1.82, 2.24) is 9.55 Å². The fourth-order valence-corrected chi connectivity index (χ4v) is 4.10. The van der Waals surface area contributed by atoms with Gasteiger partial charge in [0.2, 0.25) is 5.91 Å². The molecule has 142 valence electrons. The third-order valence-electron chi connectivity index (χ3n) is 3.56.